The maximum atomic E-state index is 13.1. The summed E-state index contributed by atoms with van der Waals surface area (Å²) >= 11 is 0. The van der Waals surface area contributed by atoms with Gasteiger partial charge in [-0.05, 0) is 34.4 Å². The minimum atomic E-state index is -0.710. The molecule has 0 bridgehead atoms. The molecule has 0 spiro atoms. The van der Waals surface area contributed by atoms with Crippen molar-refractivity contribution in [3.05, 3.63) is 95.6 Å². The zero-order valence-electron chi connectivity index (χ0n) is 22.1. The third-order valence-electron chi connectivity index (χ3n) is 7.24. The Labute approximate surface area is 232 Å². The summed E-state index contributed by atoms with van der Waals surface area (Å²) in [6.45, 7) is 1.24. The van der Waals surface area contributed by atoms with Crippen LogP contribution in [0.15, 0.2) is 78.9 Å². The molecule has 3 aromatic rings. The average molecular weight is 543 g/mol. The minimum absolute atomic E-state index is 0.0967. The Morgan fingerprint density at radius 1 is 0.825 bits per heavy atom. The second-order valence-corrected chi connectivity index (χ2v) is 9.73. The predicted octanol–water partition coefficient (Wildman–Crippen LogP) is 3.91. The summed E-state index contributed by atoms with van der Waals surface area (Å²) in [4.78, 5) is 51.2. The van der Waals surface area contributed by atoms with Crippen molar-refractivity contribution in [2.75, 3.05) is 26.3 Å². The minimum Gasteiger partial charge on any atom is -0.460 e. The summed E-state index contributed by atoms with van der Waals surface area (Å²) in [5, 5.41) is 2.53. The Morgan fingerprint density at radius 2 is 1.45 bits per heavy atom. The van der Waals surface area contributed by atoms with Crippen LogP contribution < -0.4 is 5.32 Å². The Kier molecular flexibility index (Phi) is 8.10. The van der Waals surface area contributed by atoms with E-state index in [9.17, 15) is 19.2 Å². The van der Waals surface area contributed by atoms with Gasteiger partial charge in [0.15, 0.2) is 0 Å². The molecule has 0 saturated carbocycles. The SMILES string of the molecule is CC(=O)O[C@H]1CCN(C(=O)CNC(=O)OCC2c3ccccc3-c3ccccc32)[C@@H]1COC(=O)c1ccccc1. The van der Waals surface area contributed by atoms with Crippen molar-refractivity contribution in [2.24, 2.45) is 0 Å². The summed E-state index contributed by atoms with van der Waals surface area (Å²) in [5.74, 6) is -1.53. The number of likely N-dealkylation sites (tertiary alicyclic amines) is 1. The van der Waals surface area contributed by atoms with Crippen LogP contribution in [0.3, 0.4) is 0 Å². The molecular weight excluding hydrogens is 512 g/mol. The third-order valence-corrected chi connectivity index (χ3v) is 7.24. The predicted molar refractivity (Wildman–Crippen MR) is 145 cm³/mol. The highest BCUT2D eigenvalue weighted by Gasteiger charge is 2.40. The highest BCUT2D eigenvalue weighted by molar-refractivity contribution is 5.89. The number of hydrogen-bond acceptors (Lipinski definition) is 7. The number of carbonyl (C=O) groups is 4. The van der Waals surface area contributed by atoms with E-state index < -0.39 is 36.1 Å². The zero-order chi connectivity index (χ0) is 28.1. The fourth-order valence-electron chi connectivity index (χ4n) is 5.40. The van der Waals surface area contributed by atoms with Crippen LogP contribution >= 0.6 is 0 Å². The van der Waals surface area contributed by atoms with Gasteiger partial charge < -0.3 is 24.4 Å². The van der Waals surface area contributed by atoms with Crippen molar-refractivity contribution >= 4 is 23.9 Å². The molecule has 1 saturated heterocycles. The topological polar surface area (TPSA) is 111 Å². The van der Waals surface area contributed by atoms with Crippen LogP contribution in [0.1, 0.15) is 40.7 Å². The number of alkyl carbamates (subject to hydrolysis) is 1. The van der Waals surface area contributed by atoms with Gasteiger partial charge in [-0.1, -0.05) is 66.7 Å². The van der Waals surface area contributed by atoms with Gasteiger partial charge in [-0.15, -0.1) is 0 Å². The maximum absolute atomic E-state index is 13.1. The molecule has 0 aromatic heterocycles. The molecule has 9 heteroatoms. The van der Waals surface area contributed by atoms with Crippen LogP contribution in [0.4, 0.5) is 4.79 Å². The van der Waals surface area contributed by atoms with E-state index in [1.54, 1.807) is 30.3 Å². The van der Waals surface area contributed by atoms with Crippen molar-refractivity contribution in [2.45, 2.75) is 31.4 Å². The Hall–Kier alpha value is -4.66. The van der Waals surface area contributed by atoms with Gasteiger partial charge >= 0.3 is 18.0 Å². The van der Waals surface area contributed by atoms with Gasteiger partial charge in [-0.3, -0.25) is 9.59 Å². The van der Waals surface area contributed by atoms with E-state index in [1.165, 1.54) is 11.8 Å². The molecule has 9 nitrogen and oxygen atoms in total. The van der Waals surface area contributed by atoms with E-state index in [0.717, 1.165) is 22.3 Å². The lowest BCUT2D eigenvalue weighted by molar-refractivity contribution is -0.150. The van der Waals surface area contributed by atoms with E-state index >= 15 is 0 Å². The summed E-state index contributed by atoms with van der Waals surface area (Å²) in [5.41, 5.74) is 4.80. The van der Waals surface area contributed by atoms with Gasteiger partial charge in [0.05, 0.1) is 5.56 Å². The molecular formula is C31H30N2O7. The molecule has 1 aliphatic heterocycles. The summed E-state index contributed by atoms with van der Waals surface area (Å²) in [7, 11) is 0. The van der Waals surface area contributed by atoms with E-state index in [4.69, 9.17) is 14.2 Å². The second kappa shape index (κ2) is 12.0. The fraction of sp³-hybridized carbons (Fsp3) is 0.290. The van der Waals surface area contributed by atoms with Gasteiger partial charge in [0.2, 0.25) is 5.91 Å². The standard InChI is InChI=1S/C31H30N2O7/c1-20(34)40-28-15-16-33(27(28)19-38-30(36)21-9-3-2-4-10-21)29(35)17-32-31(37)39-18-26-24-13-7-5-11-22(24)23-12-6-8-14-25(23)26/h2-14,26-28H,15-19H2,1H3,(H,32,37)/t27-,28+/m1/s1. The van der Waals surface area contributed by atoms with Crippen LogP contribution in [0.25, 0.3) is 11.1 Å². The van der Waals surface area contributed by atoms with Gasteiger partial charge in [0, 0.05) is 25.8 Å². The number of nitrogens with one attached hydrogen (secondary N) is 1. The molecule has 1 aliphatic carbocycles. The first-order valence-corrected chi connectivity index (χ1v) is 13.2. The molecule has 206 valence electrons. The maximum Gasteiger partial charge on any atom is 0.407 e. The normalized spacial score (nSPS) is 17.5. The number of amides is 2. The van der Waals surface area contributed by atoms with Gasteiger partial charge in [0.1, 0.15) is 31.9 Å². The summed E-state index contributed by atoms with van der Waals surface area (Å²) in [6, 6.07) is 23.9. The van der Waals surface area contributed by atoms with E-state index in [-0.39, 0.29) is 32.2 Å². The number of ether oxygens (including phenoxy) is 3. The lowest BCUT2D eigenvalue weighted by Gasteiger charge is -2.27. The number of nitrogens with zero attached hydrogens (tertiary/aromatic N) is 1. The smallest absolute Gasteiger partial charge is 0.407 e. The van der Waals surface area contributed by atoms with Crippen LogP contribution in [0.5, 0.6) is 0 Å². The van der Waals surface area contributed by atoms with Gasteiger partial charge in [0.25, 0.3) is 0 Å². The number of hydrogen-bond donors (Lipinski definition) is 1. The Morgan fingerprint density at radius 3 is 2.10 bits per heavy atom. The van der Waals surface area contributed by atoms with E-state index in [1.807, 2.05) is 36.4 Å². The van der Waals surface area contributed by atoms with Crippen LogP contribution in [0, 0.1) is 0 Å². The van der Waals surface area contributed by atoms with Crippen LogP contribution in [-0.4, -0.2) is 67.3 Å². The average Bonchev–Trinajstić information content (AvgIpc) is 3.52. The fourth-order valence-corrected chi connectivity index (χ4v) is 5.40. The van der Waals surface area contributed by atoms with Gasteiger partial charge in [-0.25, -0.2) is 9.59 Å². The zero-order valence-corrected chi connectivity index (χ0v) is 22.1. The molecule has 2 aliphatic rings. The van der Waals surface area contributed by atoms with E-state index in [2.05, 4.69) is 17.4 Å². The Bertz CT molecular complexity index is 1360. The molecule has 40 heavy (non-hydrogen) atoms. The second-order valence-electron chi connectivity index (χ2n) is 9.73. The molecule has 2 atom stereocenters. The highest BCUT2D eigenvalue weighted by atomic mass is 16.6. The van der Waals surface area contributed by atoms with Gasteiger partial charge in [-0.2, -0.15) is 0 Å². The molecule has 1 fully saturated rings. The first-order valence-electron chi connectivity index (χ1n) is 13.2. The lowest BCUT2D eigenvalue weighted by Crippen LogP contribution is -2.48. The molecule has 3 aromatic carbocycles. The van der Waals surface area contributed by atoms with Crippen molar-refractivity contribution in [3.8, 4) is 11.1 Å². The molecule has 5 rings (SSSR count). The van der Waals surface area contributed by atoms with Crippen LogP contribution in [0.2, 0.25) is 0 Å². The van der Waals surface area contributed by atoms with Crippen molar-refractivity contribution in [1.82, 2.24) is 10.2 Å². The number of rotatable bonds is 8. The lowest BCUT2D eigenvalue weighted by atomic mass is 9.98. The first kappa shape index (κ1) is 26.9. The Balaban J connectivity index is 1.17. The van der Waals surface area contributed by atoms with Crippen molar-refractivity contribution in [3.63, 3.8) is 0 Å². The molecule has 0 unspecified atom stereocenters. The van der Waals surface area contributed by atoms with Crippen molar-refractivity contribution in [1.29, 1.82) is 0 Å². The van der Waals surface area contributed by atoms with Crippen molar-refractivity contribution < 1.29 is 33.4 Å². The first-order chi connectivity index (χ1) is 19.4. The largest absolute Gasteiger partial charge is 0.460 e. The number of fused-ring (bicyclic) bond motifs is 3. The van der Waals surface area contributed by atoms with E-state index in [0.29, 0.717) is 12.0 Å². The van der Waals surface area contributed by atoms with Crippen LogP contribution in [-0.2, 0) is 23.8 Å². The third kappa shape index (κ3) is 5.83. The number of esters is 2. The molecule has 2 amide bonds. The number of benzene rings is 3. The summed E-state index contributed by atoms with van der Waals surface area (Å²) in [6.07, 6.45) is -0.943. The highest BCUT2D eigenvalue weighted by Crippen LogP contribution is 2.44. The summed E-state index contributed by atoms with van der Waals surface area (Å²) < 4.78 is 16.4. The monoisotopic (exact) mass is 542 g/mol. The number of carbonyl (C=O) groups excluding carboxylic acids is 4. The molecule has 0 radical (unpaired) electrons. The quantitative estimate of drug-likeness (QED) is 0.339. The molecule has 1 heterocycles. The molecule has 1 N–H and O–H groups in total.